The average molecular weight is 259 g/mol. The van der Waals surface area contributed by atoms with Gasteiger partial charge in [-0.25, -0.2) is 0 Å². The van der Waals surface area contributed by atoms with E-state index in [-0.39, 0.29) is 5.91 Å². The second kappa shape index (κ2) is 6.10. The van der Waals surface area contributed by atoms with Gasteiger partial charge in [-0.15, -0.1) is 0 Å². The fourth-order valence-electron chi connectivity index (χ4n) is 1.83. The third kappa shape index (κ3) is 2.97. The monoisotopic (exact) mass is 259 g/mol. The van der Waals surface area contributed by atoms with E-state index < -0.39 is 0 Å². The zero-order valence-corrected chi connectivity index (χ0v) is 10.8. The molecular formula is C13H17N5O. The number of aromatic amines is 1. The SMILES string of the molecule is CCCN(C(=O)c1cn[nH]n1)c1ccc(CN)cc1. The van der Waals surface area contributed by atoms with Gasteiger partial charge in [0.15, 0.2) is 5.69 Å². The van der Waals surface area contributed by atoms with Gasteiger partial charge >= 0.3 is 0 Å². The van der Waals surface area contributed by atoms with Crippen molar-refractivity contribution in [2.45, 2.75) is 19.9 Å². The molecule has 0 fully saturated rings. The van der Waals surface area contributed by atoms with Crippen LogP contribution in [-0.4, -0.2) is 27.9 Å². The van der Waals surface area contributed by atoms with Crippen molar-refractivity contribution in [3.8, 4) is 0 Å². The van der Waals surface area contributed by atoms with E-state index in [0.29, 0.717) is 18.8 Å². The predicted octanol–water partition coefficient (Wildman–Crippen LogP) is 1.32. The van der Waals surface area contributed by atoms with Crippen LogP contribution in [0.1, 0.15) is 29.4 Å². The van der Waals surface area contributed by atoms with Gasteiger partial charge in [-0.2, -0.15) is 15.4 Å². The molecule has 0 radical (unpaired) electrons. The summed E-state index contributed by atoms with van der Waals surface area (Å²) < 4.78 is 0. The lowest BCUT2D eigenvalue weighted by Crippen LogP contribution is -2.32. The summed E-state index contributed by atoms with van der Waals surface area (Å²) >= 11 is 0. The molecule has 1 aromatic heterocycles. The quantitative estimate of drug-likeness (QED) is 0.847. The zero-order valence-electron chi connectivity index (χ0n) is 10.8. The van der Waals surface area contributed by atoms with Crippen LogP contribution in [0.25, 0.3) is 0 Å². The van der Waals surface area contributed by atoms with Crippen molar-refractivity contribution >= 4 is 11.6 Å². The highest BCUT2D eigenvalue weighted by Crippen LogP contribution is 2.17. The van der Waals surface area contributed by atoms with Gasteiger partial charge in [-0.05, 0) is 24.1 Å². The van der Waals surface area contributed by atoms with Crippen molar-refractivity contribution in [2.24, 2.45) is 5.73 Å². The molecule has 6 heteroatoms. The maximum atomic E-state index is 12.3. The van der Waals surface area contributed by atoms with E-state index in [4.69, 9.17) is 5.73 Å². The third-order valence-electron chi connectivity index (χ3n) is 2.81. The molecule has 0 aliphatic heterocycles. The van der Waals surface area contributed by atoms with E-state index in [9.17, 15) is 4.79 Å². The minimum Gasteiger partial charge on any atom is -0.326 e. The molecule has 2 aromatic rings. The fraction of sp³-hybridized carbons (Fsp3) is 0.308. The van der Waals surface area contributed by atoms with E-state index in [1.165, 1.54) is 6.20 Å². The standard InChI is InChI=1S/C13H17N5O/c1-2-7-18(13(19)12-9-15-17-16-12)11-5-3-10(8-14)4-6-11/h3-6,9H,2,7-8,14H2,1H3,(H,15,16,17). The highest BCUT2D eigenvalue weighted by molar-refractivity contribution is 6.04. The Morgan fingerprint density at radius 2 is 2.11 bits per heavy atom. The van der Waals surface area contributed by atoms with Gasteiger partial charge in [0.25, 0.3) is 5.91 Å². The molecule has 1 amide bonds. The smallest absolute Gasteiger partial charge is 0.280 e. The van der Waals surface area contributed by atoms with Crippen molar-refractivity contribution < 1.29 is 4.79 Å². The number of aromatic nitrogens is 3. The Hall–Kier alpha value is -2.21. The summed E-state index contributed by atoms with van der Waals surface area (Å²) in [6, 6.07) is 7.65. The van der Waals surface area contributed by atoms with Gasteiger partial charge in [-0.1, -0.05) is 19.1 Å². The van der Waals surface area contributed by atoms with E-state index in [1.54, 1.807) is 4.90 Å². The first-order valence-electron chi connectivity index (χ1n) is 6.23. The Labute approximate surface area is 111 Å². The number of hydrogen-bond acceptors (Lipinski definition) is 4. The molecule has 0 aliphatic carbocycles. The van der Waals surface area contributed by atoms with Crippen molar-refractivity contribution in [3.63, 3.8) is 0 Å². The first-order valence-corrected chi connectivity index (χ1v) is 6.23. The normalized spacial score (nSPS) is 10.4. The molecule has 0 unspecified atom stereocenters. The Morgan fingerprint density at radius 3 is 2.63 bits per heavy atom. The summed E-state index contributed by atoms with van der Waals surface area (Å²) in [4.78, 5) is 14.0. The van der Waals surface area contributed by atoms with Crippen LogP contribution in [0, 0.1) is 0 Å². The van der Waals surface area contributed by atoms with Gasteiger partial charge in [0.05, 0.1) is 6.20 Å². The molecule has 1 heterocycles. The molecule has 19 heavy (non-hydrogen) atoms. The van der Waals surface area contributed by atoms with Gasteiger partial charge in [0.1, 0.15) is 0 Å². The molecule has 0 bridgehead atoms. The lowest BCUT2D eigenvalue weighted by atomic mass is 10.2. The highest BCUT2D eigenvalue weighted by atomic mass is 16.2. The first kappa shape index (κ1) is 13.2. The van der Waals surface area contributed by atoms with E-state index in [2.05, 4.69) is 15.4 Å². The number of benzene rings is 1. The maximum Gasteiger partial charge on any atom is 0.280 e. The number of nitrogens with two attached hydrogens (primary N) is 1. The second-order valence-corrected chi connectivity index (χ2v) is 4.18. The average Bonchev–Trinajstić information content (AvgIpc) is 2.98. The number of H-pyrrole nitrogens is 1. The number of anilines is 1. The molecule has 3 N–H and O–H groups in total. The molecule has 6 nitrogen and oxygen atoms in total. The van der Waals surface area contributed by atoms with Crippen molar-refractivity contribution in [3.05, 3.63) is 41.7 Å². The van der Waals surface area contributed by atoms with Gasteiger partial charge in [-0.3, -0.25) is 4.79 Å². The molecule has 1 aromatic carbocycles. The Morgan fingerprint density at radius 1 is 1.37 bits per heavy atom. The summed E-state index contributed by atoms with van der Waals surface area (Å²) in [5.74, 6) is -0.156. The summed E-state index contributed by atoms with van der Waals surface area (Å²) in [6.07, 6.45) is 2.29. The van der Waals surface area contributed by atoms with Gasteiger partial charge in [0.2, 0.25) is 0 Å². The van der Waals surface area contributed by atoms with Crippen LogP contribution in [-0.2, 0) is 6.54 Å². The van der Waals surface area contributed by atoms with Crippen LogP contribution in [0.4, 0.5) is 5.69 Å². The summed E-state index contributed by atoms with van der Waals surface area (Å²) in [6.45, 7) is 3.15. The van der Waals surface area contributed by atoms with E-state index in [0.717, 1.165) is 17.7 Å². The van der Waals surface area contributed by atoms with E-state index in [1.807, 2.05) is 31.2 Å². The minimum absolute atomic E-state index is 0.156. The first-order chi connectivity index (χ1) is 9.26. The molecular weight excluding hydrogens is 242 g/mol. The molecule has 0 saturated carbocycles. The lowest BCUT2D eigenvalue weighted by Gasteiger charge is -2.21. The van der Waals surface area contributed by atoms with E-state index >= 15 is 0 Å². The molecule has 2 rings (SSSR count). The van der Waals surface area contributed by atoms with Crippen LogP contribution in [0.5, 0.6) is 0 Å². The zero-order chi connectivity index (χ0) is 13.7. The van der Waals surface area contributed by atoms with Crippen LogP contribution < -0.4 is 10.6 Å². The largest absolute Gasteiger partial charge is 0.326 e. The Kier molecular flexibility index (Phi) is 4.25. The number of nitrogens with one attached hydrogen (secondary N) is 1. The van der Waals surface area contributed by atoms with Gasteiger partial charge < -0.3 is 10.6 Å². The molecule has 0 atom stereocenters. The topological polar surface area (TPSA) is 87.9 Å². The summed E-state index contributed by atoms with van der Waals surface area (Å²) in [5, 5.41) is 9.95. The predicted molar refractivity (Wildman–Crippen MR) is 72.7 cm³/mol. The Bertz CT molecular complexity index is 520. The van der Waals surface area contributed by atoms with Crippen molar-refractivity contribution in [1.82, 2.24) is 15.4 Å². The Balaban J connectivity index is 2.26. The summed E-state index contributed by atoms with van der Waals surface area (Å²) in [7, 11) is 0. The number of rotatable bonds is 5. The molecule has 0 spiro atoms. The lowest BCUT2D eigenvalue weighted by molar-refractivity contribution is 0.0982. The van der Waals surface area contributed by atoms with Crippen LogP contribution in [0.15, 0.2) is 30.5 Å². The molecule has 0 saturated heterocycles. The molecule has 0 aliphatic rings. The highest BCUT2D eigenvalue weighted by Gasteiger charge is 2.19. The number of carbonyl (C=O) groups excluding carboxylic acids is 1. The van der Waals surface area contributed by atoms with Crippen LogP contribution in [0.3, 0.4) is 0 Å². The number of nitrogens with zero attached hydrogens (tertiary/aromatic N) is 3. The number of carbonyl (C=O) groups is 1. The minimum atomic E-state index is -0.156. The maximum absolute atomic E-state index is 12.3. The fourth-order valence-corrected chi connectivity index (χ4v) is 1.83. The van der Waals surface area contributed by atoms with Crippen LogP contribution >= 0.6 is 0 Å². The van der Waals surface area contributed by atoms with Crippen LogP contribution in [0.2, 0.25) is 0 Å². The summed E-state index contributed by atoms with van der Waals surface area (Å²) in [5.41, 5.74) is 7.76. The third-order valence-corrected chi connectivity index (χ3v) is 2.81. The number of hydrogen-bond donors (Lipinski definition) is 2. The van der Waals surface area contributed by atoms with Gasteiger partial charge in [0, 0.05) is 18.8 Å². The second-order valence-electron chi connectivity index (χ2n) is 4.18. The molecule has 100 valence electrons. The number of amides is 1. The van der Waals surface area contributed by atoms with Crippen molar-refractivity contribution in [2.75, 3.05) is 11.4 Å². The van der Waals surface area contributed by atoms with Crippen molar-refractivity contribution in [1.29, 1.82) is 0 Å².